The van der Waals surface area contributed by atoms with Gasteiger partial charge in [-0.05, 0) is 31.0 Å². The molecule has 0 heterocycles. The maximum atomic E-state index is 11.4. The molecule has 86 valence electrons. The first kappa shape index (κ1) is 11.2. The fourth-order valence-corrected chi connectivity index (χ4v) is 1.76. The molecule has 0 unspecified atom stereocenters. The monoisotopic (exact) mass is 240 g/mol. The summed E-state index contributed by atoms with van der Waals surface area (Å²) in [7, 11) is 0. The van der Waals surface area contributed by atoms with E-state index in [4.69, 9.17) is 22.1 Å². The topological polar surface area (TPSA) is 64.3 Å². The summed E-state index contributed by atoms with van der Waals surface area (Å²) in [5, 5.41) is 3.18. The van der Waals surface area contributed by atoms with Crippen molar-refractivity contribution < 1.29 is 9.53 Å². The minimum atomic E-state index is -0.459. The number of hydrogen-bond acceptors (Lipinski definition) is 3. The molecule has 0 saturated heterocycles. The molecule has 0 aliphatic heterocycles. The Morgan fingerprint density at radius 1 is 1.50 bits per heavy atom. The van der Waals surface area contributed by atoms with Crippen LogP contribution in [0, 0.1) is 0 Å². The van der Waals surface area contributed by atoms with Gasteiger partial charge in [0.05, 0.1) is 0 Å². The van der Waals surface area contributed by atoms with Crippen molar-refractivity contribution in [2.24, 2.45) is 5.73 Å². The SMILES string of the molecule is NC1CC(OC(=O)Nc2cccc(Cl)c2)C1. The van der Waals surface area contributed by atoms with Gasteiger partial charge in [-0.1, -0.05) is 17.7 Å². The number of anilines is 1. The Labute approximate surface area is 98.7 Å². The van der Waals surface area contributed by atoms with Crippen LogP contribution in [-0.2, 0) is 4.74 Å². The van der Waals surface area contributed by atoms with Crippen LogP contribution < -0.4 is 11.1 Å². The third kappa shape index (κ3) is 2.87. The molecule has 1 aromatic rings. The van der Waals surface area contributed by atoms with Gasteiger partial charge >= 0.3 is 6.09 Å². The fraction of sp³-hybridized carbons (Fsp3) is 0.364. The van der Waals surface area contributed by atoms with Gasteiger partial charge in [0.15, 0.2) is 0 Å². The van der Waals surface area contributed by atoms with Crippen LogP contribution in [0.4, 0.5) is 10.5 Å². The van der Waals surface area contributed by atoms with E-state index in [1.807, 2.05) is 0 Å². The summed E-state index contributed by atoms with van der Waals surface area (Å²) in [4.78, 5) is 11.4. The van der Waals surface area contributed by atoms with Crippen LogP contribution in [0.1, 0.15) is 12.8 Å². The number of carbonyl (C=O) groups excluding carboxylic acids is 1. The maximum absolute atomic E-state index is 11.4. The standard InChI is InChI=1S/C11H13ClN2O2/c12-7-2-1-3-9(4-7)14-11(15)16-10-5-8(13)6-10/h1-4,8,10H,5-6,13H2,(H,14,15). The number of ether oxygens (including phenoxy) is 1. The van der Waals surface area contributed by atoms with E-state index in [9.17, 15) is 4.79 Å². The molecular weight excluding hydrogens is 228 g/mol. The number of hydrogen-bond donors (Lipinski definition) is 2. The highest BCUT2D eigenvalue weighted by Gasteiger charge is 2.29. The lowest BCUT2D eigenvalue weighted by Gasteiger charge is -2.31. The molecule has 1 saturated carbocycles. The van der Waals surface area contributed by atoms with Crippen LogP contribution in [0.5, 0.6) is 0 Å². The molecule has 1 amide bonds. The highest BCUT2D eigenvalue weighted by molar-refractivity contribution is 6.30. The zero-order valence-electron chi connectivity index (χ0n) is 8.65. The van der Waals surface area contributed by atoms with Crippen molar-refractivity contribution in [1.29, 1.82) is 0 Å². The van der Waals surface area contributed by atoms with Crippen LogP contribution >= 0.6 is 11.6 Å². The predicted molar refractivity (Wildman–Crippen MR) is 62.6 cm³/mol. The maximum Gasteiger partial charge on any atom is 0.411 e. The van der Waals surface area contributed by atoms with Gasteiger partial charge in [-0.3, -0.25) is 5.32 Å². The fourth-order valence-electron chi connectivity index (χ4n) is 1.57. The molecule has 4 nitrogen and oxygen atoms in total. The molecule has 5 heteroatoms. The second-order valence-corrected chi connectivity index (χ2v) is 4.33. The second-order valence-electron chi connectivity index (χ2n) is 3.89. The summed E-state index contributed by atoms with van der Waals surface area (Å²) in [5.41, 5.74) is 6.21. The average molecular weight is 241 g/mol. The van der Waals surface area contributed by atoms with E-state index in [-0.39, 0.29) is 12.1 Å². The average Bonchev–Trinajstić information content (AvgIpc) is 2.15. The van der Waals surface area contributed by atoms with Gasteiger partial charge in [-0.2, -0.15) is 0 Å². The molecule has 0 radical (unpaired) electrons. The number of rotatable bonds is 2. The molecule has 1 aliphatic rings. The third-order valence-electron chi connectivity index (χ3n) is 2.48. The molecule has 1 aliphatic carbocycles. The minimum Gasteiger partial charge on any atom is -0.446 e. The molecule has 1 fully saturated rings. The number of halogens is 1. The van der Waals surface area contributed by atoms with E-state index < -0.39 is 6.09 Å². The summed E-state index contributed by atoms with van der Waals surface area (Å²) >= 11 is 5.78. The Bertz CT molecular complexity index is 391. The number of carbonyl (C=O) groups is 1. The van der Waals surface area contributed by atoms with Crippen molar-refractivity contribution in [1.82, 2.24) is 0 Å². The normalized spacial score (nSPS) is 23.4. The number of amides is 1. The van der Waals surface area contributed by atoms with E-state index in [0.717, 1.165) is 12.8 Å². The number of benzene rings is 1. The van der Waals surface area contributed by atoms with Crippen LogP contribution in [0.3, 0.4) is 0 Å². The first-order valence-electron chi connectivity index (χ1n) is 5.12. The van der Waals surface area contributed by atoms with Gasteiger partial charge in [0.2, 0.25) is 0 Å². The first-order valence-corrected chi connectivity index (χ1v) is 5.50. The van der Waals surface area contributed by atoms with Crippen molar-refractivity contribution in [2.45, 2.75) is 25.0 Å². The highest BCUT2D eigenvalue weighted by atomic mass is 35.5. The molecule has 0 bridgehead atoms. The van der Waals surface area contributed by atoms with Crippen molar-refractivity contribution in [3.63, 3.8) is 0 Å². The van der Waals surface area contributed by atoms with Crippen molar-refractivity contribution in [3.8, 4) is 0 Å². The zero-order chi connectivity index (χ0) is 11.5. The Balaban J connectivity index is 1.83. The van der Waals surface area contributed by atoms with E-state index >= 15 is 0 Å². The molecular formula is C11H13ClN2O2. The van der Waals surface area contributed by atoms with E-state index in [2.05, 4.69) is 5.32 Å². The van der Waals surface area contributed by atoms with Crippen molar-refractivity contribution in [2.75, 3.05) is 5.32 Å². The lowest BCUT2D eigenvalue weighted by Crippen LogP contribution is -2.43. The van der Waals surface area contributed by atoms with E-state index in [1.165, 1.54) is 0 Å². The Hall–Kier alpha value is -1.26. The third-order valence-corrected chi connectivity index (χ3v) is 2.71. The van der Waals surface area contributed by atoms with Gasteiger partial charge in [0, 0.05) is 16.8 Å². The summed E-state index contributed by atoms with van der Waals surface area (Å²) in [6, 6.07) is 7.08. The largest absolute Gasteiger partial charge is 0.446 e. The lowest BCUT2D eigenvalue weighted by molar-refractivity contribution is 0.0503. The first-order chi connectivity index (χ1) is 7.63. The van der Waals surface area contributed by atoms with Gasteiger partial charge in [-0.15, -0.1) is 0 Å². The van der Waals surface area contributed by atoms with Crippen molar-refractivity contribution in [3.05, 3.63) is 29.3 Å². The molecule has 0 aromatic heterocycles. The predicted octanol–water partition coefficient (Wildman–Crippen LogP) is 2.38. The smallest absolute Gasteiger partial charge is 0.411 e. The van der Waals surface area contributed by atoms with Crippen LogP contribution in [0.25, 0.3) is 0 Å². The quantitative estimate of drug-likeness (QED) is 0.834. The van der Waals surface area contributed by atoms with Gasteiger partial charge < -0.3 is 10.5 Å². The lowest BCUT2D eigenvalue weighted by atomic mass is 9.90. The van der Waals surface area contributed by atoms with Crippen LogP contribution in [0.2, 0.25) is 5.02 Å². The zero-order valence-corrected chi connectivity index (χ0v) is 9.41. The van der Waals surface area contributed by atoms with Gasteiger partial charge in [0.25, 0.3) is 0 Å². The number of nitrogens with two attached hydrogens (primary N) is 1. The molecule has 2 rings (SSSR count). The molecule has 16 heavy (non-hydrogen) atoms. The number of nitrogens with one attached hydrogen (secondary N) is 1. The van der Waals surface area contributed by atoms with Crippen molar-refractivity contribution >= 4 is 23.4 Å². The summed E-state index contributed by atoms with van der Waals surface area (Å²) < 4.78 is 5.13. The van der Waals surface area contributed by atoms with E-state index in [1.54, 1.807) is 24.3 Å². The van der Waals surface area contributed by atoms with Gasteiger partial charge in [-0.25, -0.2) is 4.79 Å². The molecule has 1 aromatic carbocycles. The molecule has 0 atom stereocenters. The Morgan fingerprint density at radius 2 is 2.25 bits per heavy atom. The van der Waals surface area contributed by atoms with E-state index in [0.29, 0.717) is 10.7 Å². The molecule has 3 N–H and O–H groups in total. The van der Waals surface area contributed by atoms with Crippen LogP contribution in [-0.4, -0.2) is 18.2 Å². The van der Waals surface area contributed by atoms with Crippen LogP contribution in [0.15, 0.2) is 24.3 Å². The Morgan fingerprint density at radius 3 is 2.88 bits per heavy atom. The summed E-state index contributed by atoms with van der Waals surface area (Å²) in [6.07, 6.45) is 0.972. The Kier molecular flexibility index (Phi) is 3.31. The highest BCUT2D eigenvalue weighted by Crippen LogP contribution is 2.22. The minimum absolute atomic E-state index is 0.0471. The summed E-state index contributed by atoms with van der Waals surface area (Å²) in [6.45, 7) is 0. The second kappa shape index (κ2) is 4.72. The molecule has 0 spiro atoms. The van der Waals surface area contributed by atoms with Gasteiger partial charge in [0.1, 0.15) is 6.10 Å². The summed E-state index contributed by atoms with van der Waals surface area (Å²) in [5.74, 6) is 0.